The van der Waals surface area contributed by atoms with Crippen LogP contribution in [0.25, 0.3) is 0 Å². The maximum absolute atomic E-state index is 12.5. The van der Waals surface area contributed by atoms with Crippen molar-refractivity contribution in [2.24, 2.45) is 0 Å². The summed E-state index contributed by atoms with van der Waals surface area (Å²) >= 11 is 0. The Hall–Kier alpha value is -3.85. The van der Waals surface area contributed by atoms with Gasteiger partial charge in [-0.2, -0.15) is 4.98 Å². The van der Waals surface area contributed by atoms with E-state index in [1.165, 1.54) is 24.2 Å². The number of benzene rings is 1. The third kappa shape index (κ3) is 4.89. The molecule has 0 spiro atoms. The van der Waals surface area contributed by atoms with Crippen LogP contribution in [0.3, 0.4) is 0 Å². The van der Waals surface area contributed by atoms with Gasteiger partial charge < -0.3 is 21.3 Å². The molecule has 4 rings (SSSR count). The number of Topliss-reactive ketones (excluding diaryl/α,β-unsaturated/α-hetero) is 1. The summed E-state index contributed by atoms with van der Waals surface area (Å²) in [6.07, 6.45) is 2.44. The Kier molecular flexibility index (Phi) is 6.37. The van der Waals surface area contributed by atoms with Crippen LogP contribution in [-0.4, -0.2) is 39.7 Å². The third-order valence-electron chi connectivity index (χ3n) is 5.08. The summed E-state index contributed by atoms with van der Waals surface area (Å²) in [4.78, 5) is 37.4. The van der Waals surface area contributed by atoms with Crippen molar-refractivity contribution in [3.8, 4) is 0 Å². The van der Waals surface area contributed by atoms with Crippen molar-refractivity contribution in [2.75, 3.05) is 23.7 Å². The Balaban J connectivity index is 1.64. The molecule has 0 atom stereocenters. The molecule has 0 unspecified atom stereocenters. The number of carbonyl (C=O) groups excluding carboxylic acids is 2. The Labute approximate surface area is 186 Å². The van der Waals surface area contributed by atoms with Gasteiger partial charge in [-0.3, -0.25) is 9.59 Å². The lowest BCUT2D eigenvalue weighted by atomic mass is 10.0. The van der Waals surface area contributed by atoms with Crippen molar-refractivity contribution in [1.29, 1.82) is 0 Å². The van der Waals surface area contributed by atoms with Crippen LogP contribution in [0, 0.1) is 0 Å². The Morgan fingerprint density at radius 3 is 2.78 bits per heavy atom. The van der Waals surface area contributed by atoms with Gasteiger partial charge in [-0.05, 0) is 55.3 Å². The van der Waals surface area contributed by atoms with E-state index in [4.69, 9.17) is 0 Å². The van der Waals surface area contributed by atoms with Crippen LogP contribution >= 0.6 is 0 Å². The number of nitrogens with zero attached hydrogens (tertiary/aromatic N) is 3. The second kappa shape index (κ2) is 9.52. The van der Waals surface area contributed by atoms with Crippen LogP contribution in [0.4, 0.5) is 23.3 Å². The summed E-state index contributed by atoms with van der Waals surface area (Å²) < 4.78 is 0. The van der Waals surface area contributed by atoms with Gasteiger partial charge in [0.1, 0.15) is 22.9 Å². The van der Waals surface area contributed by atoms with E-state index < -0.39 is 0 Å². The fourth-order valence-corrected chi connectivity index (χ4v) is 3.47. The summed E-state index contributed by atoms with van der Waals surface area (Å²) in [6, 6.07) is 11.2. The molecule has 164 valence electrons. The van der Waals surface area contributed by atoms with Gasteiger partial charge >= 0.3 is 0 Å². The number of aromatic nitrogens is 3. The lowest BCUT2D eigenvalue weighted by Crippen LogP contribution is -2.24. The molecule has 1 aliphatic rings. The highest BCUT2D eigenvalue weighted by atomic mass is 16.1. The van der Waals surface area contributed by atoms with Crippen molar-refractivity contribution in [3.63, 3.8) is 0 Å². The topological polar surface area (TPSA) is 121 Å². The average Bonchev–Trinajstić information content (AvgIpc) is 2.79. The second-order valence-electron chi connectivity index (χ2n) is 7.44. The summed E-state index contributed by atoms with van der Waals surface area (Å²) in [6.45, 7) is 5.58. The van der Waals surface area contributed by atoms with Gasteiger partial charge in [0.25, 0.3) is 5.91 Å². The maximum atomic E-state index is 12.5. The van der Waals surface area contributed by atoms with E-state index in [-0.39, 0.29) is 17.3 Å². The quantitative estimate of drug-likeness (QED) is 0.422. The fourth-order valence-electron chi connectivity index (χ4n) is 3.47. The number of rotatable bonds is 7. The van der Waals surface area contributed by atoms with E-state index >= 15 is 0 Å². The highest BCUT2D eigenvalue weighted by Crippen LogP contribution is 2.23. The second-order valence-corrected chi connectivity index (χ2v) is 7.44. The number of carbonyl (C=O) groups is 2. The number of ketones is 1. The monoisotopic (exact) mass is 431 g/mol. The zero-order chi connectivity index (χ0) is 22.5. The van der Waals surface area contributed by atoms with Gasteiger partial charge in [0.05, 0.1) is 0 Å². The summed E-state index contributed by atoms with van der Waals surface area (Å²) in [5.41, 5.74) is 4.05. The molecule has 1 amide bonds. The molecule has 0 saturated heterocycles. The van der Waals surface area contributed by atoms with Crippen molar-refractivity contribution >= 4 is 35.0 Å². The van der Waals surface area contributed by atoms with Gasteiger partial charge in [-0.25, -0.2) is 9.97 Å². The molecular formula is C23H25N7O2. The lowest BCUT2D eigenvalue weighted by Gasteiger charge is -2.18. The standard InChI is InChI=1S/C23H25N7O2/c1-3-25-22(32)18-13-26-23(27-17-8-7-16-12-24-10-9-15(16)11-17)30-21(18)29-20-6-4-5-19(28-20)14(2)31/h4-8,11,13,24H,3,9-10,12H2,1-2H3,(H,25,32)(H2,26,27,28,29,30). The van der Waals surface area contributed by atoms with Crippen LogP contribution in [0.2, 0.25) is 0 Å². The molecule has 0 radical (unpaired) electrons. The van der Waals surface area contributed by atoms with Gasteiger partial charge in [-0.15, -0.1) is 0 Å². The van der Waals surface area contributed by atoms with Crippen LogP contribution in [-0.2, 0) is 13.0 Å². The van der Waals surface area contributed by atoms with E-state index in [2.05, 4.69) is 48.4 Å². The molecule has 2 aromatic heterocycles. The summed E-state index contributed by atoms with van der Waals surface area (Å²) in [7, 11) is 0. The predicted molar refractivity (Wildman–Crippen MR) is 123 cm³/mol. The molecule has 0 aliphatic carbocycles. The molecule has 4 N–H and O–H groups in total. The van der Waals surface area contributed by atoms with Crippen LogP contribution in [0.5, 0.6) is 0 Å². The normalized spacial score (nSPS) is 12.6. The third-order valence-corrected chi connectivity index (χ3v) is 5.08. The Morgan fingerprint density at radius 2 is 1.97 bits per heavy atom. The molecule has 0 fully saturated rings. The van der Waals surface area contributed by atoms with E-state index in [1.807, 2.05) is 13.0 Å². The first-order chi connectivity index (χ1) is 15.5. The zero-order valence-electron chi connectivity index (χ0n) is 18.0. The average molecular weight is 432 g/mol. The molecule has 32 heavy (non-hydrogen) atoms. The van der Waals surface area contributed by atoms with Crippen LogP contribution < -0.4 is 21.3 Å². The van der Waals surface area contributed by atoms with Crippen molar-refractivity contribution in [1.82, 2.24) is 25.6 Å². The van der Waals surface area contributed by atoms with E-state index in [9.17, 15) is 9.59 Å². The summed E-state index contributed by atoms with van der Waals surface area (Å²) in [5.74, 6) is 0.603. The number of nitrogens with one attached hydrogen (secondary N) is 4. The largest absolute Gasteiger partial charge is 0.352 e. The van der Waals surface area contributed by atoms with Gasteiger partial charge in [0.15, 0.2) is 5.78 Å². The highest BCUT2D eigenvalue weighted by Gasteiger charge is 2.16. The Morgan fingerprint density at radius 1 is 1.09 bits per heavy atom. The smallest absolute Gasteiger partial charge is 0.256 e. The number of amides is 1. The molecule has 3 heterocycles. The Bertz CT molecular complexity index is 1160. The number of anilines is 4. The minimum absolute atomic E-state index is 0.148. The van der Waals surface area contributed by atoms with Crippen LogP contribution in [0.1, 0.15) is 45.8 Å². The first-order valence-electron chi connectivity index (χ1n) is 10.5. The molecule has 3 aromatic rings. The van der Waals surface area contributed by atoms with Crippen LogP contribution in [0.15, 0.2) is 42.6 Å². The number of fused-ring (bicyclic) bond motifs is 1. The number of pyridine rings is 1. The minimum atomic E-state index is -0.300. The first kappa shape index (κ1) is 21.4. The molecular weight excluding hydrogens is 406 g/mol. The van der Waals surface area contributed by atoms with E-state index in [0.29, 0.717) is 29.8 Å². The molecule has 1 aromatic carbocycles. The zero-order valence-corrected chi connectivity index (χ0v) is 18.0. The molecule has 0 bridgehead atoms. The van der Waals surface area contributed by atoms with Gasteiger partial charge in [-0.1, -0.05) is 12.1 Å². The van der Waals surface area contributed by atoms with E-state index in [0.717, 1.165) is 25.2 Å². The number of hydrogen-bond acceptors (Lipinski definition) is 8. The lowest BCUT2D eigenvalue weighted by molar-refractivity contribution is 0.0954. The SMILES string of the molecule is CCNC(=O)c1cnc(Nc2ccc3c(c2)CCNC3)nc1Nc1cccc(C(C)=O)n1. The molecule has 0 saturated carbocycles. The highest BCUT2D eigenvalue weighted by molar-refractivity contribution is 5.99. The van der Waals surface area contributed by atoms with Gasteiger partial charge in [0.2, 0.25) is 5.95 Å². The minimum Gasteiger partial charge on any atom is -0.352 e. The maximum Gasteiger partial charge on any atom is 0.256 e. The van der Waals surface area contributed by atoms with Gasteiger partial charge in [0, 0.05) is 31.9 Å². The van der Waals surface area contributed by atoms with E-state index in [1.54, 1.807) is 18.2 Å². The first-order valence-corrected chi connectivity index (χ1v) is 10.5. The van der Waals surface area contributed by atoms with Crippen molar-refractivity contribution in [2.45, 2.75) is 26.8 Å². The summed E-state index contributed by atoms with van der Waals surface area (Å²) in [5, 5.41) is 12.4. The molecule has 9 nitrogen and oxygen atoms in total. The van der Waals surface area contributed by atoms with Crippen molar-refractivity contribution < 1.29 is 9.59 Å². The fraction of sp³-hybridized carbons (Fsp3) is 0.261. The number of hydrogen-bond donors (Lipinski definition) is 4. The van der Waals surface area contributed by atoms with Crippen molar-refractivity contribution in [3.05, 3.63) is 65.0 Å². The molecule has 9 heteroatoms. The molecule has 1 aliphatic heterocycles. The predicted octanol–water partition coefficient (Wildman–Crippen LogP) is 2.96.